The van der Waals surface area contributed by atoms with Crippen LogP contribution in [0, 0.1) is 0 Å². The van der Waals surface area contributed by atoms with Crippen molar-refractivity contribution in [2.45, 2.75) is 31.6 Å². The van der Waals surface area contributed by atoms with E-state index in [0.717, 1.165) is 0 Å². The molecule has 0 aliphatic heterocycles. The van der Waals surface area contributed by atoms with Crippen LogP contribution in [0.15, 0.2) is 0 Å². The summed E-state index contributed by atoms with van der Waals surface area (Å²) in [5, 5.41) is 18.4. The van der Waals surface area contributed by atoms with Gasteiger partial charge in [-0.1, -0.05) is 6.92 Å². The van der Waals surface area contributed by atoms with Gasteiger partial charge < -0.3 is 10.4 Å². The highest BCUT2D eigenvalue weighted by Gasteiger charge is 2.20. The van der Waals surface area contributed by atoms with E-state index in [9.17, 15) is 4.79 Å². The second kappa shape index (κ2) is 6.61. The van der Waals surface area contributed by atoms with Crippen molar-refractivity contribution in [2.75, 3.05) is 12.9 Å². The molecule has 1 rings (SSSR count). The van der Waals surface area contributed by atoms with E-state index < -0.39 is 0 Å². The fourth-order valence-corrected chi connectivity index (χ4v) is 1.98. The third-order valence-electron chi connectivity index (χ3n) is 2.47. The van der Waals surface area contributed by atoms with Crippen LogP contribution in [0.5, 0.6) is 0 Å². The van der Waals surface area contributed by atoms with Crippen LogP contribution >= 0.6 is 11.8 Å². The number of H-pyrrole nitrogens is 1. The Balaban J connectivity index is 2.59. The number of nitrogens with zero attached hydrogens (tertiary/aromatic N) is 2. The molecule has 3 N–H and O–H groups in total. The van der Waals surface area contributed by atoms with Crippen LogP contribution in [0.2, 0.25) is 0 Å². The van der Waals surface area contributed by atoms with E-state index in [4.69, 9.17) is 5.11 Å². The lowest BCUT2D eigenvalue weighted by Crippen LogP contribution is -2.41. The Morgan fingerprint density at radius 1 is 1.65 bits per heavy atom. The smallest absolute Gasteiger partial charge is 0.291 e. The number of thioether (sulfide) groups is 1. The molecule has 0 saturated heterocycles. The lowest BCUT2D eigenvalue weighted by Gasteiger charge is -2.20. The number of aliphatic hydroxyl groups excluding tert-OH is 1. The molecular formula is C10H18N4O2S. The minimum absolute atomic E-state index is 0.0245. The largest absolute Gasteiger partial charge is 0.395 e. The predicted molar refractivity (Wildman–Crippen MR) is 67.1 cm³/mol. The van der Waals surface area contributed by atoms with Gasteiger partial charge in [0.15, 0.2) is 0 Å². The van der Waals surface area contributed by atoms with E-state index >= 15 is 0 Å². The van der Waals surface area contributed by atoms with Gasteiger partial charge >= 0.3 is 0 Å². The zero-order chi connectivity index (χ0) is 12.8. The number of hydrogen-bond acceptors (Lipinski definition) is 5. The van der Waals surface area contributed by atoms with Crippen molar-refractivity contribution >= 4 is 17.7 Å². The van der Waals surface area contributed by atoms with Crippen molar-refractivity contribution in [3.63, 3.8) is 0 Å². The maximum absolute atomic E-state index is 11.8. The predicted octanol–water partition coefficient (Wildman–Crippen LogP) is 0.209. The Morgan fingerprint density at radius 2 is 2.35 bits per heavy atom. The van der Waals surface area contributed by atoms with Gasteiger partial charge in [-0.05, 0) is 13.2 Å². The summed E-state index contributed by atoms with van der Waals surface area (Å²) in [6, 6.07) is -0.133. The quantitative estimate of drug-likeness (QED) is 0.678. The summed E-state index contributed by atoms with van der Waals surface area (Å²) in [5.41, 5.74) is 0. The molecule has 1 heterocycles. The maximum Gasteiger partial charge on any atom is 0.291 e. The number of rotatable bonds is 6. The van der Waals surface area contributed by atoms with Crippen molar-refractivity contribution < 1.29 is 9.90 Å². The molecule has 0 saturated carbocycles. The Kier molecular flexibility index (Phi) is 5.43. The zero-order valence-electron chi connectivity index (χ0n) is 10.2. The average Bonchev–Trinajstić information content (AvgIpc) is 2.79. The molecule has 1 aromatic heterocycles. The number of carbonyl (C=O) groups excluding carboxylic acids is 1. The van der Waals surface area contributed by atoms with Gasteiger partial charge in [0.2, 0.25) is 5.82 Å². The number of amides is 1. The monoisotopic (exact) mass is 258 g/mol. The van der Waals surface area contributed by atoms with Gasteiger partial charge in [-0.15, -0.1) is 5.10 Å². The first kappa shape index (κ1) is 14.0. The molecule has 6 nitrogen and oxygen atoms in total. The molecule has 96 valence electrons. The van der Waals surface area contributed by atoms with Crippen LogP contribution in [0.3, 0.4) is 0 Å². The lowest BCUT2D eigenvalue weighted by molar-refractivity contribution is 0.0925. The first-order valence-electron chi connectivity index (χ1n) is 5.48. The third-order valence-corrected chi connectivity index (χ3v) is 3.63. The summed E-state index contributed by atoms with van der Waals surface area (Å²) in [6.45, 7) is 3.81. The van der Waals surface area contributed by atoms with Gasteiger partial charge in [0.05, 0.1) is 6.61 Å². The maximum atomic E-state index is 11.8. The first-order valence-corrected chi connectivity index (χ1v) is 6.76. The Hall–Kier alpha value is -1.08. The highest BCUT2D eigenvalue weighted by molar-refractivity contribution is 7.99. The van der Waals surface area contributed by atoms with Gasteiger partial charge in [-0.3, -0.25) is 9.89 Å². The molecule has 0 bridgehead atoms. The van der Waals surface area contributed by atoms with Crippen molar-refractivity contribution in [2.24, 2.45) is 0 Å². The van der Waals surface area contributed by atoms with Gasteiger partial charge in [0.25, 0.3) is 5.91 Å². The molecule has 0 aliphatic carbocycles. The van der Waals surface area contributed by atoms with Crippen LogP contribution < -0.4 is 5.32 Å². The van der Waals surface area contributed by atoms with Gasteiger partial charge in [0.1, 0.15) is 5.82 Å². The fourth-order valence-electron chi connectivity index (χ4n) is 1.36. The fraction of sp³-hybridized carbons (Fsp3) is 0.700. The van der Waals surface area contributed by atoms with Crippen LogP contribution in [-0.2, 0) is 6.42 Å². The summed E-state index contributed by atoms with van der Waals surface area (Å²) < 4.78 is 0. The van der Waals surface area contributed by atoms with Crippen LogP contribution in [0.1, 0.15) is 30.3 Å². The van der Waals surface area contributed by atoms with E-state index in [-0.39, 0.29) is 29.6 Å². The Bertz CT molecular complexity index is 365. The van der Waals surface area contributed by atoms with Crippen molar-refractivity contribution in [3.05, 3.63) is 11.6 Å². The molecule has 2 unspecified atom stereocenters. The number of aromatic nitrogens is 3. The number of carbonyl (C=O) groups is 1. The molecule has 0 spiro atoms. The molecule has 0 radical (unpaired) electrons. The minimum atomic E-state index is -0.319. The van der Waals surface area contributed by atoms with Crippen LogP contribution in [0.25, 0.3) is 0 Å². The lowest BCUT2D eigenvalue weighted by atomic mass is 10.2. The molecule has 7 heteroatoms. The summed E-state index contributed by atoms with van der Waals surface area (Å²) in [7, 11) is 0. The number of aryl methyl sites for hydroxylation is 1. The second-order valence-electron chi connectivity index (χ2n) is 3.68. The number of aromatic amines is 1. The molecule has 0 fully saturated rings. The van der Waals surface area contributed by atoms with E-state index in [2.05, 4.69) is 20.5 Å². The molecule has 2 atom stereocenters. The molecule has 1 aromatic rings. The number of aliphatic hydroxyl groups is 1. The standard InChI is InChI=1S/C10H18N4O2S/c1-4-8-12-9(14-13-8)10(16)11-6(2)7(5-15)17-3/h6-7,15H,4-5H2,1-3H3,(H,11,16)(H,12,13,14). The second-order valence-corrected chi connectivity index (χ2v) is 4.76. The Labute approximate surface area is 105 Å². The van der Waals surface area contributed by atoms with Crippen molar-refractivity contribution in [1.82, 2.24) is 20.5 Å². The number of hydrogen-bond donors (Lipinski definition) is 3. The molecular weight excluding hydrogens is 240 g/mol. The Morgan fingerprint density at radius 3 is 2.82 bits per heavy atom. The van der Waals surface area contributed by atoms with Gasteiger partial charge in [0, 0.05) is 17.7 Å². The first-order chi connectivity index (χ1) is 8.12. The zero-order valence-corrected chi connectivity index (χ0v) is 11.0. The highest BCUT2D eigenvalue weighted by atomic mass is 32.2. The summed E-state index contributed by atoms with van der Waals surface area (Å²) in [5.74, 6) is 0.513. The minimum Gasteiger partial charge on any atom is -0.395 e. The van der Waals surface area contributed by atoms with Crippen molar-refractivity contribution in [1.29, 1.82) is 0 Å². The average molecular weight is 258 g/mol. The molecule has 0 aliphatic rings. The van der Waals surface area contributed by atoms with Gasteiger partial charge in [-0.25, -0.2) is 4.98 Å². The summed E-state index contributed by atoms with van der Waals surface area (Å²) in [4.78, 5) is 15.8. The normalized spacial score (nSPS) is 14.4. The molecule has 0 aromatic carbocycles. The van der Waals surface area contributed by atoms with E-state index in [1.54, 1.807) is 0 Å². The van der Waals surface area contributed by atoms with Crippen molar-refractivity contribution in [3.8, 4) is 0 Å². The molecule has 1 amide bonds. The summed E-state index contributed by atoms with van der Waals surface area (Å²) >= 11 is 1.51. The SMILES string of the molecule is CCc1nc(C(=O)NC(C)C(CO)SC)n[nH]1. The van der Waals surface area contributed by atoms with Crippen LogP contribution in [0.4, 0.5) is 0 Å². The highest BCUT2D eigenvalue weighted by Crippen LogP contribution is 2.10. The van der Waals surface area contributed by atoms with E-state index in [0.29, 0.717) is 12.2 Å². The molecule has 17 heavy (non-hydrogen) atoms. The van der Waals surface area contributed by atoms with Gasteiger partial charge in [-0.2, -0.15) is 11.8 Å². The topological polar surface area (TPSA) is 90.9 Å². The number of nitrogens with one attached hydrogen (secondary N) is 2. The third kappa shape index (κ3) is 3.71. The van der Waals surface area contributed by atoms with E-state index in [1.807, 2.05) is 20.1 Å². The van der Waals surface area contributed by atoms with E-state index in [1.165, 1.54) is 11.8 Å². The summed E-state index contributed by atoms with van der Waals surface area (Å²) in [6.07, 6.45) is 2.60. The van der Waals surface area contributed by atoms with Crippen LogP contribution in [-0.4, -0.2) is 50.3 Å².